The predicted molar refractivity (Wildman–Crippen MR) is 63.2 cm³/mol. The van der Waals surface area contributed by atoms with Gasteiger partial charge < -0.3 is 9.15 Å². The molecule has 1 unspecified atom stereocenters. The minimum atomic E-state index is -0.156. The molecule has 0 radical (unpaired) electrons. The molecule has 0 saturated carbocycles. The predicted octanol–water partition coefficient (Wildman–Crippen LogP) is 2.24. The number of nitrogens with one attached hydrogen (secondary N) is 1. The highest BCUT2D eigenvalue weighted by Gasteiger charge is 2.14. The summed E-state index contributed by atoms with van der Waals surface area (Å²) in [6, 6.07) is 7.23. The van der Waals surface area contributed by atoms with Crippen LogP contribution in [-0.2, 0) is 4.74 Å². The smallest absolute Gasteiger partial charge is 0.134 e. The topological polar surface area (TPSA) is 60.4 Å². The van der Waals surface area contributed by atoms with Crippen molar-refractivity contribution in [3.8, 4) is 0 Å². The Morgan fingerprint density at radius 2 is 2.31 bits per heavy atom. The van der Waals surface area contributed by atoms with Crippen LogP contribution in [0.25, 0.3) is 11.0 Å². The van der Waals surface area contributed by atoms with Crippen molar-refractivity contribution in [1.82, 2.24) is 5.43 Å². The molecule has 1 atom stereocenters. The Bertz CT molecular complexity index is 484. The van der Waals surface area contributed by atoms with Crippen molar-refractivity contribution in [2.45, 2.75) is 6.04 Å². The Morgan fingerprint density at radius 3 is 3.00 bits per heavy atom. The van der Waals surface area contributed by atoms with E-state index in [1.165, 1.54) is 0 Å². The van der Waals surface area contributed by atoms with Gasteiger partial charge in [-0.05, 0) is 24.3 Å². The number of benzene rings is 1. The fourth-order valence-corrected chi connectivity index (χ4v) is 1.77. The summed E-state index contributed by atoms with van der Waals surface area (Å²) in [5.74, 6) is 6.16. The monoisotopic (exact) mass is 240 g/mol. The van der Waals surface area contributed by atoms with E-state index in [2.05, 4.69) is 5.43 Å². The van der Waals surface area contributed by atoms with Crippen molar-refractivity contribution >= 4 is 22.6 Å². The number of hydrogen-bond donors (Lipinski definition) is 2. The molecule has 0 bridgehead atoms. The van der Waals surface area contributed by atoms with Gasteiger partial charge in [0.15, 0.2) is 0 Å². The molecule has 0 aliphatic rings. The fourth-order valence-electron chi connectivity index (χ4n) is 1.59. The number of hydrazine groups is 1. The summed E-state index contributed by atoms with van der Waals surface area (Å²) in [4.78, 5) is 0. The summed E-state index contributed by atoms with van der Waals surface area (Å²) < 4.78 is 10.7. The van der Waals surface area contributed by atoms with Crippen LogP contribution in [0.15, 0.2) is 28.7 Å². The second-order valence-electron chi connectivity index (χ2n) is 3.51. The Hall–Kier alpha value is -1.07. The van der Waals surface area contributed by atoms with E-state index < -0.39 is 0 Å². The van der Waals surface area contributed by atoms with Gasteiger partial charge in [0, 0.05) is 17.5 Å². The minimum absolute atomic E-state index is 0.156. The van der Waals surface area contributed by atoms with Crippen LogP contribution in [-0.4, -0.2) is 13.7 Å². The van der Waals surface area contributed by atoms with E-state index in [9.17, 15) is 0 Å². The quantitative estimate of drug-likeness (QED) is 0.636. The van der Waals surface area contributed by atoms with Crippen molar-refractivity contribution in [2.75, 3.05) is 13.7 Å². The van der Waals surface area contributed by atoms with Crippen LogP contribution >= 0.6 is 11.6 Å². The molecule has 16 heavy (non-hydrogen) atoms. The highest BCUT2D eigenvalue weighted by Crippen LogP contribution is 2.26. The third-order valence-electron chi connectivity index (χ3n) is 2.38. The van der Waals surface area contributed by atoms with Gasteiger partial charge in [-0.3, -0.25) is 5.84 Å². The van der Waals surface area contributed by atoms with Gasteiger partial charge in [-0.15, -0.1) is 0 Å². The minimum Gasteiger partial charge on any atom is -0.459 e. The molecule has 4 nitrogen and oxygen atoms in total. The molecule has 86 valence electrons. The molecule has 0 spiro atoms. The van der Waals surface area contributed by atoms with Crippen molar-refractivity contribution in [3.05, 3.63) is 35.0 Å². The molecule has 1 heterocycles. The summed E-state index contributed by atoms with van der Waals surface area (Å²) >= 11 is 5.90. The molecule has 5 heteroatoms. The first-order valence-corrected chi connectivity index (χ1v) is 5.26. The third kappa shape index (κ3) is 2.20. The highest BCUT2D eigenvalue weighted by molar-refractivity contribution is 6.31. The molecule has 2 rings (SSSR count). The van der Waals surface area contributed by atoms with Crippen LogP contribution in [0.2, 0.25) is 5.02 Å². The number of fused-ring (bicyclic) bond motifs is 1. The zero-order valence-electron chi connectivity index (χ0n) is 8.87. The second kappa shape index (κ2) is 4.84. The number of nitrogens with two attached hydrogens (primary N) is 1. The number of halogens is 1. The second-order valence-corrected chi connectivity index (χ2v) is 3.94. The van der Waals surface area contributed by atoms with E-state index in [-0.39, 0.29) is 6.04 Å². The summed E-state index contributed by atoms with van der Waals surface area (Å²) in [6.07, 6.45) is 0. The SMILES string of the molecule is COCC(NN)c1cc2cc(Cl)ccc2o1. The van der Waals surface area contributed by atoms with E-state index in [0.29, 0.717) is 11.6 Å². The van der Waals surface area contributed by atoms with Gasteiger partial charge >= 0.3 is 0 Å². The molecule has 3 N–H and O–H groups in total. The van der Waals surface area contributed by atoms with Crippen LogP contribution < -0.4 is 11.3 Å². The maximum atomic E-state index is 5.90. The summed E-state index contributed by atoms with van der Waals surface area (Å²) in [7, 11) is 1.61. The Morgan fingerprint density at radius 1 is 1.50 bits per heavy atom. The largest absolute Gasteiger partial charge is 0.459 e. The van der Waals surface area contributed by atoms with Crippen molar-refractivity contribution in [1.29, 1.82) is 0 Å². The first kappa shape index (κ1) is 11.4. The van der Waals surface area contributed by atoms with E-state index in [1.54, 1.807) is 13.2 Å². The zero-order chi connectivity index (χ0) is 11.5. The van der Waals surface area contributed by atoms with Crippen LogP contribution in [0, 0.1) is 0 Å². The van der Waals surface area contributed by atoms with Crippen molar-refractivity contribution in [3.63, 3.8) is 0 Å². The molecule has 0 fully saturated rings. The summed E-state index contributed by atoms with van der Waals surface area (Å²) in [6.45, 7) is 0.448. The van der Waals surface area contributed by atoms with E-state index in [4.69, 9.17) is 26.6 Å². The number of ether oxygens (including phenoxy) is 1. The van der Waals surface area contributed by atoms with Gasteiger partial charge in [-0.1, -0.05) is 11.6 Å². The van der Waals surface area contributed by atoms with Gasteiger partial charge in [0.2, 0.25) is 0 Å². The van der Waals surface area contributed by atoms with Gasteiger partial charge in [-0.25, -0.2) is 5.43 Å². The summed E-state index contributed by atoms with van der Waals surface area (Å²) in [5, 5.41) is 1.64. The Balaban J connectivity index is 2.37. The molecule has 0 amide bonds. The van der Waals surface area contributed by atoms with Crippen LogP contribution in [0.4, 0.5) is 0 Å². The Kier molecular flexibility index (Phi) is 3.46. The average Bonchev–Trinajstić information content (AvgIpc) is 2.68. The lowest BCUT2D eigenvalue weighted by molar-refractivity contribution is 0.158. The molecular weight excluding hydrogens is 228 g/mol. The normalized spacial score (nSPS) is 13.2. The number of hydrogen-bond acceptors (Lipinski definition) is 4. The number of methoxy groups -OCH3 is 1. The molecular formula is C11H13ClN2O2. The first-order valence-electron chi connectivity index (χ1n) is 4.88. The molecule has 1 aromatic carbocycles. The van der Waals surface area contributed by atoms with E-state index in [0.717, 1.165) is 16.7 Å². The molecule has 2 aromatic rings. The third-order valence-corrected chi connectivity index (χ3v) is 2.61. The zero-order valence-corrected chi connectivity index (χ0v) is 9.62. The van der Waals surface area contributed by atoms with E-state index in [1.807, 2.05) is 18.2 Å². The van der Waals surface area contributed by atoms with Crippen molar-refractivity contribution < 1.29 is 9.15 Å². The fraction of sp³-hybridized carbons (Fsp3) is 0.273. The number of rotatable bonds is 4. The molecule has 0 aliphatic carbocycles. The van der Waals surface area contributed by atoms with E-state index >= 15 is 0 Å². The van der Waals surface area contributed by atoms with Crippen LogP contribution in [0.5, 0.6) is 0 Å². The summed E-state index contributed by atoms with van der Waals surface area (Å²) in [5.41, 5.74) is 3.43. The van der Waals surface area contributed by atoms with Gasteiger partial charge in [0.1, 0.15) is 17.4 Å². The van der Waals surface area contributed by atoms with Crippen LogP contribution in [0.3, 0.4) is 0 Å². The standard InChI is InChI=1S/C11H13ClN2O2/c1-15-6-9(14-13)11-5-7-4-8(12)2-3-10(7)16-11/h2-5,9,14H,6,13H2,1H3. The lowest BCUT2D eigenvalue weighted by atomic mass is 10.2. The van der Waals surface area contributed by atoms with Crippen LogP contribution in [0.1, 0.15) is 11.8 Å². The Labute approximate surface area is 98.3 Å². The molecule has 1 aromatic heterocycles. The lowest BCUT2D eigenvalue weighted by Gasteiger charge is -2.10. The number of furan rings is 1. The van der Waals surface area contributed by atoms with Crippen molar-refractivity contribution in [2.24, 2.45) is 5.84 Å². The highest BCUT2D eigenvalue weighted by atomic mass is 35.5. The maximum absolute atomic E-state index is 5.90. The lowest BCUT2D eigenvalue weighted by Crippen LogP contribution is -2.30. The van der Waals surface area contributed by atoms with Gasteiger partial charge in [-0.2, -0.15) is 0 Å². The molecule has 0 saturated heterocycles. The molecule has 0 aliphatic heterocycles. The maximum Gasteiger partial charge on any atom is 0.134 e. The van der Waals surface area contributed by atoms with Gasteiger partial charge in [0.25, 0.3) is 0 Å². The first-order chi connectivity index (χ1) is 7.74. The van der Waals surface area contributed by atoms with Gasteiger partial charge in [0.05, 0.1) is 6.61 Å². The average molecular weight is 241 g/mol.